The first kappa shape index (κ1) is 19.2. The average Bonchev–Trinajstić information content (AvgIpc) is 2.78. The molecule has 1 amide bonds. The number of carboxylic acids is 1. The van der Waals surface area contributed by atoms with Crippen LogP contribution < -0.4 is 5.11 Å². The number of carbonyl (C=O) groups is 2. The number of carbonyl (C=O) groups excluding carboxylic acids is 2. The molecule has 0 unspecified atom stereocenters. The Bertz CT molecular complexity index is 721. The number of nitrogens with zero attached hydrogens (tertiary/aromatic N) is 1. The Balaban J connectivity index is 2.30. The van der Waals surface area contributed by atoms with Crippen LogP contribution in [0, 0.1) is 0 Å². The number of benzene rings is 1. The second kappa shape index (κ2) is 8.34. The summed E-state index contributed by atoms with van der Waals surface area (Å²) in [6, 6.07) is 3.86. The molecule has 1 aromatic carbocycles. The van der Waals surface area contributed by atoms with E-state index in [1.54, 1.807) is 24.3 Å². The number of thioether (sulfide) groups is 1. The molecule has 8 heteroatoms. The summed E-state index contributed by atoms with van der Waals surface area (Å²) in [6.45, 7) is 1.94. The molecule has 128 valence electrons. The van der Waals surface area contributed by atoms with Gasteiger partial charge in [0.1, 0.15) is 4.32 Å². The second-order valence-corrected chi connectivity index (χ2v) is 7.71. The van der Waals surface area contributed by atoms with E-state index in [9.17, 15) is 14.7 Å². The maximum absolute atomic E-state index is 12.6. The number of hydrogen-bond donors (Lipinski definition) is 0. The molecule has 24 heavy (non-hydrogen) atoms. The van der Waals surface area contributed by atoms with Crippen LogP contribution in [0.25, 0.3) is 6.08 Å². The lowest BCUT2D eigenvalue weighted by molar-refractivity contribution is -0.310. The summed E-state index contributed by atoms with van der Waals surface area (Å²) in [5, 5.41) is 12.3. The van der Waals surface area contributed by atoms with E-state index in [4.69, 9.17) is 35.4 Å². The van der Waals surface area contributed by atoms with Gasteiger partial charge in [0.15, 0.2) is 0 Å². The summed E-state index contributed by atoms with van der Waals surface area (Å²) in [7, 11) is 0. The number of unbranched alkanes of at least 4 members (excludes halogenated alkanes) is 1. The van der Waals surface area contributed by atoms with Crippen molar-refractivity contribution < 1.29 is 14.7 Å². The molecule has 1 aromatic rings. The zero-order valence-corrected chi connectivity index (χ0v) is 15.9. The first-order valence-electron chi connectivity index (χ1n) is 7.28. The highest BCUT2D eigenvalue weighted by atomic mass is 35.5. The van der Waals surface area contributed by atoms with Gasteiger partial charge in [-0.3, -0.25) is 9.69 Å². The van der Waals surface area contributed by atoms with E-state index in [-0.39, 0.29) is 4.32 Å². The molecule has 1 heterocycles. The van der Waals surface area contributed by atoms with E-state index in [2.05, 4.69) is 0 Å². The minimum atomic E-state index is -1.30. The molecular weight excluding hydrogens is 389 g/mol. The predicted octanol–water partition coefficient (Wildman–Crippen LogP) is 3.50. The van der Waals surface area contributed by atoms with Crippen molar-refractivity contribution in [3.05, 3.63) is 38.7 Å². The van der Waals surface area contributed by atoms with E-state index >= 15 is 0 Å². The first-order valence-corrected chi connectivity index (χ1v) is 9.26. The van der Waals surface area contributed by atoms with E-state index in [1.165, 1.54) is 0 Å². The lowest BCUT2D eigenvalue weighted by Crippen LogP contribution is -2.49. The van der Waals surface area contributed by atoms with Crippen LogP contribution in [-0.4, -0.2) is 27.1 Å². The SMILES string of the molecule is CCCC[C@H](C(=O)[O-])N1C(=O)/C(=C/c2ccc(Cl)cc2Cl)SC1=S. The standard InChI is InChI=1S/C16H15Cl2NO3S2/c1-2-3-4-12(15(21)22)19-14(20)13(24-16(19)23)7-9-5-6-10(17)8-11(9)18/h5-8,12H,2-4H2,1H3,(H,21,22)/p-1/b13-7-/t12-/m1/s1. The molecule has 1 atom stereocenters. The van der Waals surface area contributed by atoms with E-state index in [1.807, 2.05) is 6.92 Å². The van der Waals surface area contributed by atoms with Crippen molar-refractivity contribution in [3.8, 4) is 0 Å². The van der Waals surface area contributed by atoms with Crippen LogP contribution in [0.4, 0.5) is 0 Å². The van der Waals surface area contributed by atoms with Gasteiger partial charge in [0.25, 0.3) is 5.91 Å². The fourth-order valence-corrected chi connectivity index (χ4v) is 4.07. The molecule has 0 saturated carbocycles. The van der Waals surface area contributed by atoms with Gasteiger partial charge in [0, 0.05) is 10.0 Å². The molecule has 2 rings (SSSR count). The summed E-state index contributed by atoms with van der Waals surface area (Å²) in [5.74, 6) is -1.74. The number of aliphatic carboxylic acids is 1. The van der Waals surface area contributed by atoms with Crippen LogP contribution >= 0.6 is 47.2 Å². The Hall–Kier alpha value is -1.08. The van der Waals surface area contributed by atoms with Gasteiger partial charge in [0.05, 0.1) is 16.9 Å². The monoisotopic (exact) mass is 402 g/mol. The van der Waals surface area contributed by atoms with Crippen molar-refractivity contribution in [2.24, 2.45) is 0 Å². The molecule has 0 bridgehead atoms. The molecule has 0 N–H and O–H groups in total. The third-order valence-corrected chi connectivity index (χ3v) is 5.38. The van der Waals surface area contributed by atoms with Crippen LogP contribution in [0.3, 0.4) is 0 Å². The van der Waals surface area contributed by atoms with Crippen LogP contribution in [-0.2, 0) is 9.59 Å². The third kappa shape index (κ3) is 4.30. The summed E-state index contributed by atoms with van der Waals surface area (Å²) in [6.07, 6.45) is 3.37. The molecular formula is C16H14Cl2NO3S2-. The minimum absolute atomic E-state index is 0.210. The van der Waals surface area contributed by atoms with Gasteiger partial charge in [-0.1, -0.05) is 73.0 Å². The van der Waals surface area contributed by atoms with Crippen LogP contribution in [0.1, 0.15) is 31.7 Å². The van der Waals surface area contributed by atoms with Crippen LogP contribution in [0.5, 0.6) is 0 Å². The fraction of sp³-hybridized carbons (Fsp3) is 0.312. The zero-order chi connectivity index (χ0) is 17.9. The van der Waals surface area contributed by atoms with Gasteiger partial charge in [-0.2, -0.15) is 0 Å². The highest BCUT2D eigenvalue weighted by molar-refractivity contribution is 8.26. The molecule has 0 aliphatic carbocycles. The molecule has 1 fully saturated rings. The normalized spacial score (nSPS) is 17.6. The van der Waals surface area contributed by atoms with Gasteiger partial charge in [-0.05, 0) is 30.2 Å². The number of halogens is 2. The maximum Gasteiger partial charge on any atom is 0.266 e. The topological polar surface area (TPSA) is 60.4 Å². The Kier molecular flexibility index (Phi) is 6.69. The van der Waals surface area contributed by atoms with Gasteiger partial charge < -0.3 is 9.90 Å². The van der Waals surface area contributed by atoms with Crippen molar-refractivity contribution in [1.82, 2.24) is 4.90 Å². The number of carboxylic acid groups (broad SMARTS) is 1. The molecule has 4 nitrogen and oxygen atoms in total. The lowest BCUT2D eigenvalue weighted by Gasteiger charge is -2.27. The third-order valence-electron chi connectivity index (χ3n) is 3.49. The molecule has 1 aliphatic heterocycles. The van der Waals surface area contributed by atoms with Crippen LogP contribution in [0.2, 0.25) is 10.0 Å². The first-order chi connectivity index (χ1) is 11.3. The van der Waals surface area contributed by atoms with E-state index in [0.717, 1.165) is 23.1 Å². The lowest BCUT2D eigenvalue weighted by atomic mass is 10.1. The largest absolute Gasteiger partial charge is 0.548 e. The Labute approximate surface area is 159 Å². The summed E-state index contributed by atoms with van der Waals surface area (Å²) >= 11 is 18.2. The van der Waals surface area contributed by atoms with E-state index < -0.39 is 17.9 Å². The summed E-state index contributed by atoms with van der Waals surface area (Å²) in [5.41, 5.74) is 0.611. The van der Waals surface area contributed by atoms with Gasteiger partial charge in [0.2, 0.25) is 0 Å². The van der Waals surface area contributed by atoms with Crippen molar-refractivity contribution in [2.45, 2.75) is 32.2 Å². The summed E-state index contributed by atoms with van der Waals surface area (Å²) in [4.78, 5) is 25.5. The molecule has 0 spiro atoms. The second-order valence-electron chi connectivity index (χ2n) is 5.19. The highest BCUT2D eigenvalue weighted by Gasteiger charge is 2.37. The smallest absolute Gasteiger partial charge is 0.266 e. The minimum Gasteiger partial charge on any atom is -0.548 e. The number of rotatable bonds is 6. The van der Waals surface area contributed by atoms with Crippen molar-refractivity contribution in [2.75, 3.05) is 0 Å². The Morgan fingerprint density at radius 3 is 2.75 bits per heavy atom. The van der Waals surface area contributed by atoms with Gasteiger partial charge in [-0.15, -0.1) is 0 Å². The average molecular weight is 403 g/mol. The Morgan fingerprint density at radius 2 is 2.17 bits per heavy atom. The van der Waals surface area contributed by atoms with Crippen molar-refractivity contribution in [1.29, 1.82) is 0 Å². The number of amides is 1. The fourth-order valence-electron chi connectivity index (χ4n) is 2.26. The van der Waals surface area contributed by atoms with E-state index in [0.29, 0.717) is 33.4 Å². The number of thiocarbonyl (C=S) groups is 1. The van der Waals surface area contributed by atoms with Crippen molar-refractivity contribution in [3.63, 3.8) is 0 Å². The quantitative estimate of drug-likeness (QED) is 0.538. The molecule has 0 aromatic heterocycles. The van der Waals surface area contributed by atoms with Crippen molar-refractivity contribution >= 4 is 69.5 Å². The van der Waals surface area contributed by atoms with Crippen LogP contribution in [0.15, 0.2) is 23.1 Å². The van der Waals surface area contributed by atoms with Gasteiger partial charge >= 0.3 is 0 Å². The maximum atomic E-state index is 12.6. The predicted molar refractivity (Wildman–Crippen MR) is 99.8 cm³/mol. The molecule has 1 aliphatic rings. The van der Waals surface area contributed by atoms with Gasteiger partial charge in [-0.25, -0.2) is 0 Å². The number of hydrogen-bond acceptors (Lipinski definition) is 5. The molecule has 0 radical (unpaired) electrons. The Morgan fingerprint density at radius 1 is 1.46 bits per heavy atom. The zero-order valence-electron chi connectivity index (χ0n) is 12.8. The summed E-state index contributed by atoms with van der Waals surface area (Å²) < 4.78 is 0.210. The molecule has 1 saturated heterocycles. The highest BCUT2D eigenvalue weighted by Crippen LogP contribution is 2.36.